The standard InChI is InChI=1S/C25H18F3N3O/c1-15-23(30-14-29-15)19-9-3-2-8-18(19)16-6-4-7-17(12-16)31-13-21-20(24(31)32)10-5-11-22(21)25(26,27)28/h2-12,14H,13H2,1H3,(H,29,30). The van der Waals surface area contributed by atoms with E-state index in [0.29, 0.717) is 5.69 Å². The molecule has 5 rings (SSSR count). The second-order valence-corrected chi connectivity index (χ2v) is 7.69. The summed E-state index contributed by atoms with van der Waals surface area (Å²) < 4.78 is 40.4. The fourth-order valence-electron chi connectivity index (χ4n) is 4.22. The number of aromatic amines is 1. The number of imidazole rings is 1. The minimum absolute atomic E-state index is 0.0166. The quantitative estimate of drug-likeness (QED) is 0.416. The monoisotopic (exact) mass is 433 g/mol. The molecule has 4 aromatic rings. The lowest BCUT2D eigenvalue weighted by Gasteiger charge is -2.18. The van der Waals surface area contributed by atoms with Gasteiger partial charge in [-0.2, -0.15) is 13.2 Å². The lowest BCUT2D eigenvalue weighted by Crippen LogP contribution is -2.23. The number of hydrogen-bond donors (Lipinski definition) is 1. The van der Waals surface area contributed by atoms with Gasteiger partial charge in [-0.3, -0.25) is 4.79 Å². The molecule has 4 nitrogen and oxygen atoms in total. The van der Waals surface area contributed by atoms with Crippen LogP contribution in [0.3, 0.4) is 0 Å². The van der Waals surface area contributed by atoms with Crippen molar-refractivity contribution in [2.24, 2.45) is 0 Å². The van der Waals surface area contributed by atoms with Gasteiger partial charge in [-0.1, -0.05) is 42.5 Å². The van der Waals surface area contributed by atoms with Crippen molar-refractivity contribution in [1.82, 2.24) is 9.97 Å². The number of fused-ring (bicyclic) bond motifs is 1. The fraction of sp³-hybridized carbons (Fsp3) is 0.120. The van der Waals surface area contributed by atoms with Crippen LogP contribution in [0.5, 0.6) is 0 Å². The number of carbonyl (C=O) groups excluding carboxylic acids is 1. The molecule has 0 bridgehead atoms. The minimum atomic E-state index is -4.51. The lowest BCUT2D eigenvalue weighted by molar-refractivity contribution is -0.138. The van der Waals surface area contributed by atoms with E-state index >= 15 is 0 Å². The molecule has 1 aliphatic rings. The van der Waals surface area contributed by atoms with E-state index in [2.05, 4.69) is 9.97 Å². The van der Waals surface area contributed by atoms with E-state index in [-0.39, 0.29) is 17.7 Å². The van der Waals surface area contributed by atoms with Gasteiger partial charge in [0.15, 0.2) is 0 Å². The van der Waals surface area contributed by atoms with Crippen LogP contribution in [0.1, 0.15) is 27.2 Å². The summed E-state index contributed by atoms with van der Waals surface area (Å²) in [7, 11) is 0. The Labute approximate surface area is 182 Å². The first-order valence-electron chi connectivity index (χ1n) is 10.1. The van der Waals surface area contributed by atoms with E-state index in [4.69, 9.17) is 0 Å². The average molecular weight is 433 g/mol. The summed E-state index contributed by atoms with van der Waals surface area (Å²) in [5, 5.41) is 0. The first kappa shape index (κ1) is 20.1. The molecule has 1 N–H and O–H groups in total. The van der Waals surface area contributed by atoms with Crippen molar-refractivity contribution in [3.63, 3.8) is 0 Å². The van der Waals surface area contributed by atoms with Gasteiger partial charge in [0.2, 0.25) is 0 Å². The smallest absolute Gasteiger partial charge is 0.348 e. The lowest BCUT2D eigenvalue weighted by atomic mass is 9.96. The van der Waals surface area contributed by atoms with Crippen molar-refractivity contribution in [1.29, 1.82) is 0 Å². The van der Waals surface area contributed by atoms with Crippen LogP contribution in [0.2, 0.25) is 0 Å². The highest BCUT2D eigenvalue weighted by molar-refractivity contribution is 6.10. The number of nitrogens with zero attached hydrogens (tertiary/aromatic N) is 2. The Morgan fingerprint density at radius 1 is 0.938 bits per heavy atom. The third-order valence-corrected chi connectivity index (χ3v) is 5.75. The maximum absolute atomic E-state index is 13.5. The summed E-state index contributed by atoms with van der Waals surface area (Å²) in [5.41, 5.74) is 4.35. The molecule has 0 atom stereocenters. The topological polar surface area (TPSA) is 49.0 Å². The molecule has 0 fully saturated rings. The van der Waals surface area contributed by atoms with E-state index in [1.165, 1.54) is 17.0 Å². The van der Waals surface area contributed by atoms with Gasteiger partial charge >= 0.3 is 6.18 Å². The molecular formula is C25H18F3N3O. The van der Waals surface area contributed by atoms with Gasteiger partial charge in [0.05, 0.1) is 24.1 Å². The number of alkyl halides is 3. The number of amides is 1. The molecule has 2 heterocycles. The van der Waals surface area contributed by atoms with Gasteiger partial charge < -0.3 is 9.88 Å². The van der Waals surface area contributed by atoms with Crippen LogP contribution in [0.15, 0.2) is 73.1 Å². The molecule has 1 aromatic heterocycles. The zero-order chi connectivity index (χ0) is 22.5. The Balaban J connectivity index is 1.56. The number of aromatic nitrogens is 2. The van der Waals surface area contributed by atoms with E-state index in [9.17, 15) is 18.0 Å². The van der Waals surface area contributed by atoms with Crippen LogP contribution in [-0.4, -0.2) is 15.9 Å². The summed E-state index contributed by atoms with van der Waals surface area (Å²) in [6.07, 6.45) is -2.87. The SMILES string of the molecule is Cc1[nH]cnc1-c1ccccc1-c1cccc(N2Cc3c(cccc3C(F)(F)F)C2=O)c1. The zero-order valence-electron chi connectivity index (χ0n) is 17.1. The van der Waals surface area contributed by atoms with Crippen LogP contribution in [0.4, 0.5) is 18.9 Å². The molecule has 160 valence electrons. The molecule has 7 heteroatoms. The number of H-pyrrole nitrogens is 1. The average Bonchev–Trinajstić information content (AvgIpc) is 3.36. The first-order chi connectivity index (χ1) is 15.3. The molecule has 3 aromatic carbocycles. The van der Waals surface area contributed by atoms with Crippen LogP contribution >= 0.6 is 0 Å². The summed E-state index contributed by atoms with van der Waals surface area (Å²) >= 11 is 0. The first-order valence-corrected chi connectivity index (χ1v) is 10.1. The van der Waals surface area contributed by atoms with E-state index in [1.54, 1.807) is 18.5 Å². The molecule has 0 spiro atoms. The number of hydrogen-bond acceptors (Lipinski definition) is 2. The van der Waals surface area contributed by atoms with Crippen molar-refractivity contribution in [3.8, 4) is 22.4 Å². The Morgan fingerprint density at radius 3 is 2.38 bits per heavy atom. The van der Waals surface area contributed by atoms with Crippen molar-refractivity contribution in [2.75, 3.05) is 4.90 Å². The normalized spacial score (nSPS) is 13.5. The summed E-state index contributed by atoms with van der Waals surface area (Å²) in [4.78, 5) is 21.9. The number of rotatable bonds is 3. The van der Waals surface area contributed by atoms with Gasteiger partial charge in [-0.05, 0) is 47.9 Å². The minimum Gasteiger partial charge on any atom is -0.348 e. The number of carbonyl (C=O) groups is 1. The molecule has 1 aliphatic heterocycles. The molecule has 0 aliphatic carbocycles. The highest BCUT2D eigenvalue weighted by atomic mass is 19.4. The van der Waals surface area contributed by atoms with Crippen molar-refractivity contribution < 1.29 is 18.0 Å². The van der Waals surface area contributed by atoms with Gasteiger partial charge in [-0.15, -0.1) is 0 Å². The Bertz CT molecular complexity index is 1340. The third-order valence-electron chi connectivity index (χ3n) is 5.75. The van der Waals surface area contributed by atoms with Gasteiger partial charge in [0.25, 0.3) is 5.91 Å². The number of benzene rings is 3. The molecule has 0 radical (unpaired) electrons. The third kappa shape index (κ3) is 3.26. The maximum atomic E-state index is 13.5. The summed E-state index contributed by atoms with van der Waals surface area (Å²) in [5.74, 6) is -0.431. The van der Waals surface area contributed by atoms with E-state index < -0.39 is 17.6 Å². The summed E-state index contributed by atoms with van der Waals surface area (Å²) in [6.45, 7) is 1.82. The number of anilines is 1. The molecule has 0 saturated heterocycles. The Kier molecular flexibility index (Phi) is 4.62. The second kappa shape index (κ2) is 7.37. The van der Waals surface area contributed by atoms with Crippen LogP contribution in [-0.2, 0) is 12.7 Å². The van der Waals surface area contributed by atoms with Gasteiger partial charge in [0, 0.05) is 22.5 Å². The highest BCUT2D eigenvalue weighted by Crippen LogP contribution is 2.40. The molecule has 0 saturated carbocycles. The number of aryl methyl sites for hydroxylation is 1. The molecule has 32 heavy (non-hydrogen) atoms. The van der Waals surface area contributed by atoms with Crippen LogP contribution in [0, 0.1) is 6.92 Å². The maximum Gasteiger partial charge on any atom is 0.416 e. The number of nitrogens with one attached hydrogen (secondary N) is 1. The van der Waals surface area contributed by atoms with E-state index in [1.807, 2.05) is 43.3 Å². The van der Waals surface area contributed by atoms with Crippen molar-refractivity contribution in [3.05, 3.63) is 95.4 Å². The fourth-order valence-corrected chi connectivity index (χ4v) is 4.22. The van der Waals surface area contributed by atoms with E-state index in [0.717, 1.165) is 34.1 Å². The molecule has 1 amide bonds. The Morgan fingerprint density at radius 2 is 1.66 bits per heavy atom. The zero-order valence-corrected chi connectivity index (χ0v) is 17.1. The predicted molar refractivity (Wildman–Crippen MR) is 116 cm³/mol. The van der Waals surface area contributed by atoms with Crippen LogP contribution in [0.25, 0.3) is 22.4 Å². The second-order valence-electron chi connectivity index (χ2n) is 7.69. The highest BCUT2D eigenvalue weighted by Gasteiger charge is 2.39. The molecular weight excluding hydrogens is 415 g/mol. The van der Waals surface area contributed by atoms with Gasteiger partial charge in [-0.25, -0.2) is 4.98 Å². The molecule has 0 unspecified atom stereocenters. The van der Waals surface area contributed by atoms with Gasteiger partial charge in [0.1, 0.15) is 0 Å². The Hall–Kier alpha value is -3.87. The van der Waals surface area contributed by atoms with Crippen molar-refractivity contribution in [2.45, 2.75) is 19.6 Å². The van der Waals surface area contributed by atoms with Crippen LogP contribution < -0.4 is 4.90 Å². The largest absolute Gasteiger partial charge is 0.416 e. The van der Waals surface area contributed by atoms with Crippen molar-refractivity contribution >= 4 is 11.6 Å². The number of halogens is 3. The summed E-state index contributed by atoms with van der Waals surface area (Å²) in [6, 6.07) is 18.8. The predicted octanol–water partition coefficient (Wildman–Crippen LogP) is 6.23.